The predicted molar refractivity (Wildman–Crippen MR) is 123 cm³/mol. The van der Waals surface area contributed by atoms with E-state index in [0.717, 1.165) is 0 Å². The molecule has 35 heavy (non-hydrogen) atoms. The number of alkyl halides is 3. The Labute approximate surface area is 201 Å². The molecule has 2 aromatic heterocycles. The van der Waals surface area contributed by atoms with E-state index < -0.39 is 17.4 Å². The first-order valence-electron chi connectivity index (χ1n) is 10.3. The fraction of sp³-hybridized carbons (Fsp3) is 0.182. The van der Waals surface area contributed by atoms with Gasteiger partial charge in [-0.25, -0.2) is 4.98 Å². The summed E-state index contributed by atoms with van der Waals surface area (Å²) in [7, 11) is 0. The molecular formula is C22H18ClF3N8O. The minimum atomic E-state index is -4.68. The minimum absolute atomic E-state index is 0.00120. The molecule has 0 atom stereocenters. The average Bonchev–Trinajstić information content (AvgIpc) is 2.96. The molecule has 0 radical (unpaired) electrons. The van der Waals surface area contributed by atoms with Crippen molar-refractivity contribution in [2.75, 3.05) is 18.1 Å². The number of aromatic nitrogens is 3. The molecule has 0 saturated heterocycles. The van der Waals surface area contributed by atoms with E-state index in [0.29, 0.717) is 23.1 Å². The molecule has 2 aliphatic heterocycles. The van der Waals surface area contributed by atoms with E-state index in [-0.39, 0.29) is 45.6 Å². The molecule has 0 spiro atoms. The summed E-state index contributed by atoms with van der Waals surface area (Å²) >= 11 is 6.68. The van der Waals surface area contributed by atoms with Gasteiger partial charge < -0.3 is 26.4 Å². The lowest BCUT2D eigenvalue weighted by atomic mass is 9.99. The second kappa shape index (κ2) is 8.31. The van der Waals surface area contributed by atoms with Gasteiger partial charge in [0.05, 0.1) is 39.6 Å². The maximum atomic E-state index is 14.0. The number of halogens is 4. The first kappa shape index (κ1) is 22.7. The first-order valence-corrected chi connectivity index (χ1v) is 10.7. The quantitative estimate of drug-likeness (QED) is 0.498. The molecule has 3 aromatic rings. The number of anilines is 2. The van der Waals surface area contributed by atoms with E-state index in [2.05, 4.69) is 25.5 Å². The second-order valence-electron chi connectivity index (χ2n) is 7.86. The smallest absolute Gasteiger partial charge is 0.418 e. The molecular weight excluding hydrogens is 485 g/mol. The summed E-state index contributed by atoms with van der Waals surface area (Å²) < 4.78 is 47.7. The van der Waals surface area contributed by atoms with Crippen molar-refractivity contribution in [3.05, 3.63) is 69.1 Å². The maximum absolute atomic E-state index is 14.0. The van der Waals surface area contributed by atoms with Gasteiger partial charge in [-0.1, -0.05) is 11.6 Å². The van der Waals surface area contributed by atoms with Gasteiger partial charge in [-0.05, 0) is 30.7 Å². The molecule has 2 aliphatic rings. The van der Waals surface area contributed by atoms with Gasteiger partial charge in [0, 0.05) is 17.3 Å². The Morgan fingerprint density at radius 3 is 2.80 bits per heavy atom. The Bertz CT molecular complexity index is 1510. The van der Waals surface area contributed by atoms with E-state index >= 15 is 0 Å². The number of nitrogens with zero attached hydrogens (tertiary/aromatic N) is 5. The highest BCUT2D eigenvalue weighted by Crippen LogP contribution is 2.41. The third kappa shape index (κ3) is 3.95. The van der Waals surface area contributed by atoms with E-state index in [1.807, 2.05) is 4.90 Å². The average molecular weight is 503 g/mol. The van der Waals surface area contributed by atoms with Gasteiger partial charge in [-0.3, -0.25) is 4.99 Å². The summed E-state index contributed by atoms with van der Waals surface area (Å²) in [5.74, 6) is 1.05. The summed E-state index contributed by atoms with van der Waals surface area (Å²) in [6.07, 6.45) is -0.0818. The van der Waals surface area contributed by atoms with Crippen molar-refractivity contribution in [3.8, 4) is 17.0 Å². The standard InChI is InChI=1S/C22H18ClF3N8O/c1-10-6-14(27)32-18(16(10)22(24,25)26)12-7-13-15-19(17(12)23)29-9-30-21(15)34(4-5-35-13)8-11-2-3-31-33-20(11)28/h2-7,30H,8-9H2,1H3,(H2,27,32)(H2,28,33). The summed E-state index contributed by atoms with van der Waals surface area (Å²) in [6, 6.07) is 4.32. The van der Waals surface area contributed by atoms with Crippen LogP contribution >= 0.6 is 11.6 Å². The van der Waals surface area contributed by atoms with E-state index in [4.69, 9.17) is 27.8 Å². The third-order valence-corrected chi connectivity index (χ3v) is 5.98. The summed E-state index contributed by atoms with van der Waals surface area (Å²) in [6.45, 7) is 1.77. The number of rotatable bonds is 3. The van der Waals surface area contributed by atoms with E-state index in [9.17, 15) is 13.2 Å². The van der Waals surface area contributed by atoms with E-state index in [1.54, 1.807) is 12.3 Å². The first-order chi connectivity index (χ1) is 16.6. The fourth-order valence-corrected chi connectivity index (χ4v) is 4.41. The molecule has 13 heteroatoms. The molecule has 0 saturated carbocycles. The topological polar surface area (TPSA) is 128 Å². The second-order valence-corrected chi connectivity index (χ2v) is 8.24. The van der Waals surface area contributed by atoms with Crippen LogP contribution in [0.25, 0.3) is 17.1 Å². The molecule has 0 bridgehead atoms. The highest BCUT2D eigenvalue weighted by molar-refractivity contribution is 6.33. The van der Waals surface area contributed by atoms with Crippen LogP contribution in [0.4, 0.5) is 24.8 Å². The van der Waals surface area contributed by atoms with Gasteiger partial charge in [0.15, 0.2) is 5.82 Å². The van der Waals surface area contributed by atoms with Crippen molar-refractivity contribution in [3.63, 3.8) is 0 Å². The lowest BCUT2D eigenvalue weighted by Gasteiger charge is -2.25. The lowest BCUT2D eigenvalue weighted by Crippen LogP contribution is -2.44. The van der Waals surface area contributed by atoms with Crippen molar-refractivity contribution in [1.29, 1.82) is 0 Å². The Kier molecular flexibility index (Phi) is 5.39. The zero-order valence-corrected chi connectivity index (χ0v) is 18.9. The molecule has 0 amide bonds. The summed E-state index contributed by atoms with van der Waals surface area (Å²) in [4.78, 5) is 10.2. The van der Waals surface area contributed by atoms with Crippen LogP contribution < -0.4 is 32.1 Å². The van der Waals surface area contributed by atoms with Crippen LogP contribution in [0.15, 0.2) is 41.9 Å². The number of ether oxygens (including phenoxy) is 1. The van der Waals surface area contributed by atoms with Crippen molar-refractivity contribution >= 4 is 29.1 Å². The molecule has 0 aliphatic carbocycles. The van der Waals surface area contributed by atoms with Crippen molar-refractivity contribution < 1.29 is 17.9 Å². The summed E-state index contributed by atoms with van der Waals surface area (Å²) in [5.41, 5.74) is 11.1. The zero-order chi connectivity index (χ0) is 24.9. The van der Waals surface area contributed by atoms with Crippen LogP contribution in [0.2, 0.25) is 5.02 Å². The number of hydrogen-bond acceptors (Lipinski definition) is 9. The van der Waals surface area contributed by atoms with Crippen molar-refractivity contribution in [1.82, 2.24) is 25.4 Å². The van der Waals surface area contributed by atoms with Crippen LogP contribution in [0, 0.1) is 6.92 Å². The van der Waals surface area contributed by atoms with Crippen LogP contribution in [0.1, 0.15) is 16.7 Å². The molecule has 1 aromatic carbocycles. The summed E-state index contributed by atoms with van der Waals surface area (Å²) in [5, 5.41) is 11.6. The van der Waals surface area contributed by atoms with Gasteiger partial charge in [0.2, 0.25) is 0 Å². The number of nitrogens with one attached hydrogen (secondary N) is 1. The van der Waals surface area contributed by atoms with Gasteiger partial charge in [0.1, 0.15) is 30.3 Å². The van der Waals surface area contributed by atoms with Crippen molar-refractivity contribution in [2.45, 2.75) is 19.6 Å². The largest absolute Gasteiger partial charge is 0.463 e. The highest BCUT2D eigenvalue weighted by atomic mass is 35.5. The molecule has 0 unspecified atom stereocenters. The van der Waals surface area contributed by atoms with Gasteiger partial charge >= 0.3 is 6.18 Å². The molecule has 5 N–H and O–H groups in total. The minimum Gasteiger partial charge on any atom is -0.463 e. The van der Waals surface area contributed by atoms with Crippen LogP contribution in [0.3, 0.4) is 0 Å². The Balaban J connectivity index is 1.75. The lowest BCUT2D eigenvalue weighted by molar-refractivity contribution is -0.137. The third-order valence-electron chi connectivity index (χ3n) is 5.60. The number of aryl methyl sites for hydroxylation is 1. The number of hydrogen-bond donors (Lipinski definition) is 3. The Hall–Kier alpha value is -4.06. The van der Waals surface area contributed by atoms with Crippen LogP contribution in [-0.2, 0) is 12.7 Å². The Morgan fingerprint density at radius 2 is 2.06 bits per heavy atom. The normalized spacial score (nSPS) is 14.5. The van der Waals surface area contributed by atoms with Crippen LogP contribution in [-0.4, -0.2) is 26.7 Å². The Morgan fingerprint density at radius 1 is 1.26 bits per heavy atom. The maximum Gasteiger partial charge on any atom is 0.418 e. The number of benzene rings is 1. The number of pyridine rings is 1. The van der Waals surface area contributed by atoms with Gasteiger partial charge in [-0.2, -0.15) is 18.3 Å². The molecule has 180 valence electrons. The van der Waals surface area contributed by atoms with Gasteiger partial charge in [0.25, 0.3) is 0 Å². The van der Waals surface area contributed by atoms with Crippen molar-refractivity contribution in [2.24, 2.45) is 4.99 Å². The van der Waals surface area contributed by atoms with E-state index in [1.165, 1.54) is 31.5 Å². The fourth-order valence-electron chi connectivity index (χ4n) is 4.11. The molecule has 4 heterocycles. The number of nitrogens with two attached hydrogens (primary N) is 2. The van der Waals surface area contributed by atoms with Crippen LogP contribution in [0.5, 0.6) is 5.75 Å². The molecule has 0 fully saturated rings. The monoisotopic (exact) mass is 502 g/mol. The molecule has 9 nitrogen and oxygen atoms in total. The molecule has 5 rings (SSSR count). The SMILES string of the molecule is Cc1cc(N)nc(-c2cc3c4c(c2Cl)=NCNC=4N(Cc2ccnnc2N)C=CO3)c1C(F)(F)F. The highest BCUT2D eigenvalue weighted by Gasteiger charge is 2.38. The number of nitrogen functional groups attached to an aromatic ring is 2. The predicted octanol–water partition coefficient (Wildman–Crippen LogP) is 2.30. The zero-order valence-electron chi connectivity index (χ0n) is 18.2. The van der Waals surface area contributed by atoms with Gasteiger partial charge in [-0.15, -0.1) is 5.10 Å².